The molecule has 1 aromatic rings. The van der Waals surface area contributed by atoms with E-state index in [1.165, 1.54) is 6.07 Å². The van der Waals surface area contributed by atoms with Gasteiger partial charge in [0.25, 0.3) is 0 Å². The van der Waals surface area contributed by atoms with E-state index in [0.717, 1.165) is 3.57 Å². The number of ether oxygens (including phenoxy) is 1. The number of nitrogens with zero attached hydrogens (tertiary/aromatic N) is 1. The number of hydrogen-bond donors (Lipinski definition) is 0. The zero-order valence-corrected chi connectivity index (χ0v) is 10.6. The lowest BCUT2D eigenvalue weighted by molar-refractivity contribution is -0.170. The van der Waals surface area contributed by atoms with Gasteiger partial charge in [0.1, 0.15) is 12.4 Å². The van der Waals surface area contributed by atoms with Gasteiger partial charge in [0, 0.05) is 3.57 Å². The Morgan fingerprint density at radius 3 is 2.76 bits per heavy atom. The summed E-state index contributed by atoms with van der Waals surface area (Å²) >= 11 is 1.97. The van der Waals surface area contributed by atoms with Gasteiger partial charge in [-0.1, -0.05) is 0 Å². The fraction of sp³-hybridized carbons (Fsp3) is 0.300. The van der Waals surface area contributed by atoms with Crippen LogP contribution in [0.4, 0.5) is 18.9 Å². The van der Waals surface area contributed by atoms with Crippen LogP contribution in [0, 0.1) is 3.57 Å². The lowest BCUT2D eigenvalue weighted by Crippen LogP contribution is -2.45. The van der Waals surface area contributed by atoms with Crippen LogP contribution >= 0.6 is 22.6 Å². The molecule has 1 aromatic carbocycles. The van der Waals surface area contributed by atoms with Gasteiger partial charge in [-0.3, -0.25) is 9.69 Å². The average molecular weight is 357 g/mol. The average Bonchev–Trinajstić information content (AvgIpc) is 2.26. The molecule has 1 amide bonds. The number of carbonyl (C=O) groups excluding carboxylic acids is 1. The summed E-state index contributed by atoms with van der Waals surface area (Å²) in [6.07, 6.45) is -4.87. The minimum atomic E-state index is -4.87. The quantitative estimate of drug-likeness (QED) is 0.668. The van der Waals surface area contributed by atoms with Crippen LogP contribution in [0.1, 0.15) is 0 Å². The molecule has 0 spiro atoms. The number of amides is 1. The summed E-state index contributed by atoms with van der Waals surface area (Å²) in [6.45, 7) is -0.0269. The highest BCUT2D eigenvalue weighted by Gasteiger charge is 2.44. The molecular formula is C10H7F3INO2. The fourth-order valence-electron chi connectivity index (χ4n) is 1.55. The zero-order chi connectivity index (χ0) is 12.6. The van der Waals surface area contributed by atoms with Crippen molar-refractivity contribution in [2.45, 2.75) is 6.18 Å². The van der Waals surface area contributed by atoms with Crippen molar-refractivity contribution in [2.24, 2.45) is 0 Å². The van der Waals surface area contributed by atoms with Crippen molar-refractivity contribution in [3.05, 3.63) is 21.8 Å². The first-order chi connectivity index (χ1) is 7.89. The van der Waals surface area contributed by atoms with Crippen LogP contribution in [0.2, 0.25) is 0 Å². The Bertz CT molecular complexity index is 461. The van der Waals surface area contributed by atoms with Crippen LogP contribution < -0.4 is 9.64 Å². The third-order valence-electron chi connectivity index (χ3n) is 2.27. The Labute approximate surface area is 109 Å². The van der Waals surface area contributed by atoms with E-state index in [1.807, 2.05) is 22.6 Å². The molecule has 2 rings (SSSR count). The molecule has 0 unspecified atom stereocenters. The van der Waals surface area contributed by atoms with E-state index in [-0.39, 0.29) is 18.8 Å². The summed E-state index contributed by atoms with van der Waals surface area (Å²) in [5, 5.41) is 0. The van der Waals surface area contributed by atoms with Crippen molar-refractivity contribution in [1.82, 2.24) is 0 Å². The van der Waals surface area contributed by atoms with E-state index < -0.39 is 12.1 Å². The second-order valence-corrected chi connectivity index (χ2v) is 4.66. The smallest absolute Gasteiger partial charge is 0.471 e. The summed E-state index contributed by atoms with van der Waals surface area (Å²) in [4.78, 5) is 11.9. The SMILES string of the molecule is O=C(N1CCOc2ccc(I)cc21)C(F)(F)F. The number of anilines is 1. The predicted octanol–water partition coefficient (Wildman–Crippen LogP) is 2.58. The standard InChI is InChI=1S/C10H7F3INO2/c11-10(12,13)9(16)15-3-4-17-8-2-1-6(14)5-7(8)15/h1-2,5H,3-4H2. The van der Waals surface area contributed by atoms with E-state index in [4.69, 9.17) is 4.74 Å². The molecule has 0 N–H and O–H groups in total. The highest BCUT2D eigenvalue weighted by atomic mass is 127. The molecule has 0 saturated heterocycles. The van der Waals surface area contributed by atoms with E-state index >= 15 is 0 Å². The third kappa shape index (κ3) is 2.48. The van der Waals surface area contributed by atoms with Crippen molar-refractivity contribution >= 4 is 34.2 Å². The minimum absolute atomic E-state index is 0.0649. The van der Waals surface area contributed by atoms with Gasteiger partial charge in [0.05, 0.1) is 12.2 Å². The molecular weight excluding hydrogens is 350 g/mol. The maximum absolute atomic E-state index is 12.4. The number of hydrogen-bond acceptors (Lipinski definition) is 2. The number of alkyl halides is 3. The van der Waals surface area contributed by atoms with Crippen molar-refractivity contribution in [3.8, 4) is 5.75 Å². The number of halogens is 4. The van der Waals surface area contributed by atoms with E-state index in [9.17, 15) is 18.0 Å². The Hall–Kier alpha value is -0.990. The zero-order valence-electron chi connectivity index (χ0n) is 8.42. The second-order valence-electron chi connectivity index (χ2n) is 3.42. The number of rotatable bonds is 0. The predicted molar refractivity (Wildman–Crippen MR) is 63.1 cm³/mol. The molecule has 0 aliphatic carbocycles. The molecule has 0 radical (unpaired) electrons. The Kier molecular flexibility index (Phi) is 3.19. The number of fused-ring (bicyclic) bond motifs is 1. The summed E-state index contributed by atoms with van der Waals surface area (Å²) in [7, 11) is 0. The van der Waals surface area contributed by atoms with Crippen molar-refractivity contribution in [2.75, 3.05) is 18.1 Å². The van der Waals surface area contributed by atoms with Crippen LogP contribution in [0.5, 0.6) is 5.75 Å². The molecule has 7 heteroatoms. The highest BCUT2D eigenvalue weighted by Crippen LogP contribution is 2.35. The first-order valence-corrected chi connectivity index (χ1v) is 5.78. The lowest BCUT2D eigenvalue weighted by Gasteiger charge is -2.30. The van der Waals surface area contributed by atoms with E-state index in [2.05, 4.69) is 0 Å². The van der Waals surface area contributed by atoms with Gasteiger partial charge < -0.3 is 4.74 Å². The van der Waals surface area contributed by atoms with Crippen molar-refractivity contribution in [3.63, 3.8) is 0 Å². The molecule has 0 bridgehead atoms. The van der Waals surface area contributed by atoms with Gasteiger partial charge >= 0.3 is 12.1 Å². The van der Waals surface area contributed by atoms with Crippen LogP contribution in [-0.4, -0.2) is 25.2 Å². The maximum atomic E-state index is 12.4. The molecule has 0 aromatic heterocycles. The van der Waals surface area contributed by atoms with Crippen LogP contribution in [0.3, 0.4) is 0 Å². The topological polar surface area (TPSA) is 29.5 Å². The molecule has 17 heavy (non-hydrogen) atoms. The molecule has 0 saturated carbocycles. The van der Waals surface area contributed by atoms with Crippen LogP contribution in [0.15, 0.2) is 18.2 Å². The number of carbonyl (C=O) groups is 1. The minimum Gasteiger partial charge on any atom is -0.490 e. The normalized spacial score (nSPS) is 15.2. The van der Waals surface area contributed by atoms with Crippen molar-refractivity contribution in [1.29, 1.82) is 0 Å². The summed E-state index contributed by atoms with van der Waals surface area (Å²) in [5.41, 5.74) is 0.172. The third-order valence-corrected chi connectivity index (χ3v) is 2.94. The van der Waals surface area contributed by atoms with Crippen LogP contribution in [-0.2, 0) is 4.79 Å². The number of benzene rings is 1. The van der Waals surface area contributed by atoms with Gasteiger partial charge in [0.15, 0.2) is 0 Å². The lowest BCUT2D eigenvalue weighted by atomic mass is 10.2. The molecule has 1 aliphatic rings. The van der Waals surface area contributed by atoms with Gasteiger partial charge in [0.2, 0.25) is 0 Å². The highest BCUT2D eigenvalue weighted by molar-refractivity contribution is 14.1. The Morgan fingerprint density at radius 1 is 1.41 bits per heavy atom. The fourth-order valence-corrected chi connectivity index (χ4v) is 2.03. The summed E-state index contributed by atoms with van der Waals surface area (Å²) < 4.78 is 43.1. The van der Waals surface area contributed by atoms with Gasteiger partial charge in [-0.05, 0) is 40.8 Å². The van der Waals surface area contributed by atoms with Gasteiger partial charge in [-0.15, -0.1) is 0 Å². The largest absolute Gasteiger partial charge is 0.490 e. The van der Waals surface area contributed by atoms with Crippen LogP contribution in [0.25, 0.3) is 0 Å². The molecule has 0 atom stereocenters. The molecule has 0 fully saturated rings. The van der Waals surface area contributed by atoms with E-state index in [0.29, 0.717) is 10.6 Å². The van der Waals surface area contributed by atoms with Crippen molar-refractivity contribution < 1.29 is 22.7 Å². The summed E-state index contributed by atoms with van der Waals surface area (Å²) in [5.74, 6) is -1.56. The first kappa shape index (κ1) is 12.5. The second kappa shape index (κ2) is 4.35. The summed E-state index contributed by atoms with van der Waals surface area (Å²) in [6, 6.07) is 4.77. The first-order valence-electron chi connectivity index (χ1n) is 4.70. The molecule has 1 heterocycles. The Morgan fingerprint density at radius 2 is 2.12 bits per heavy atom. The van der Waals surface area contributed by atoms with Gasteiger partial charge in [-0.25, -0.2) is 0 Å². The van der Waals surface area contributed by atoms with Gasteiger partial charge in [-0.2, -0.15) is 13.2 Å². The molecule has 92 valence electrons. The monoisotopic (exact) mass is 357 g/mol. The molecule has 3 nitrogen and oxygen atoms in total. The van der Waals surface area contributed by atoms with E-state index in [1.54, 1.807) is 12.1 Å². The Balaban J connectivity index is 2.41. The maximum Gasteiger partial charge on any atom is 0.471 e. The molecule has 1 aliphatic heterocycles.